The van der Waals surface area contributed by atoms with Crippen LogP contribution < -0.4 is 20.9 Å². The highest BCUT2D eigenvalue weighted by molar-refractivity contribution is 7.80. The first kappa shape index (κ1) is 23.7. The van der Waals surface area contributed by atoms with Gasteiger partial charge in [-0.1, -0.05) is 0 Å². The SMILES string of the molecule is COCCOC(=O)CCC(=O)NC(=S)NNC(=O)COc1ccc([N+](=O)[O-])cc1. The number of nitrogens with zero attached hydrogens (tertiary/aromatic N) is 1. The molecule has 0 aromatic heterocycles. The van der Waals surface area contributed by atoms with E-state index in [0.29, 0.717) is 0 Å². The number of hydrogen-bond acceptors (Lipinski definition) is 9. The Bertz CT molecular complexity index is 741. The van der Waals surface area contributed by atoms with Gasteiger partial charge in [0, 0.05) is 25.7 Å². The van der Waals surface area contributed by atoms with Gasteiger partial charge in [-0.3, -0.25) is 35.3 Å². The van der Waals surface area contributed by atoms with Gasteiger partial charge >= 0.3 is 5.97 Å². The number of nitro groups is 1. The van der Waals surface area contributed by atoms with Crippen LogP contribution in [0.15, 0.2) is 24.3 Å². The van der Waals surface area contributed by atoms with Gasteiger partial charge in [0.1, 0.15) is 12.4 Å². The lowest BCUT2D eigenvalue weighted by Crippen LogP contribution is -2.49. The largest absolute Gasteiger partial charge is 0.484 e. The second-order valence-corrected chi connectivity index (χ2v) is 5.71. The Balaban J connectivity index is 2.21. The fraction of sp³-hybridized carbons (Fsp3) is 0.375. The molecule has 0 saturated heterocycles. The minimum atomic E-state index is -0.610. The van der Waals surface area contributed by atoms with Crippen molar-refractivity contribution in [1.82, 2.24) is 16.2 Å². The van der Waals surface area contributed by atoms with Gasteiger partial charge in [0.15, 0.2) is 11.7 Å². The number of carbonyl (C=O) groups excluding carboxylic acids is 3. The lowest BCUT2D eigenvalue weighted by atomic mass is 10.3. The minimum absolute atomic E-state index is 0.102. The number of hydrazine groups is 1. The van der Waals surface area contributed by atoms with Crippen LogP contribution in [0.1, 0.15) is 12.8 Å². The van der Waals surface area contributed by atoms with Gasteiger partial charge in [-0.25, -0.2) is 0 Å². The van der Waals surface area contributed by atoms with Gasteiger partial charge in [-0.15, -0.1) is 0 Å². The summed E-state index contributed by atoms with van der Waals surface area (Å²) in [5.74, 6) is -1.43. The van der Waals surface area contributed by atoms with Crippen molar-refractivity contribution in [2.75, 3.05) is 26.9 Å². The highest BCUT2D eigenvalue weighted by Crippen LogP contribution is 2.16. The lowest BCUT2D eigenvalue weighted by Gasteiger charge is -2.11. The highest BCUT2D eigenvalue weighted by atomic mass is 32.1. The molecule has 0 aliphatic carbocycles. The molecule has 0 radical (unpaired) electrons. The summed E-state index contributed by atoms with van der Waals surface area (Å²) in [7, 11) is 1.47. The van der Waals surface area contributed by atoms with Gasteiger partial charge < -0.3 is 19.5 Å². The van der Waals surface area contributed by atoms with E-state index in [2.05, 4.69) is 16.2 Å². The van der Waals surface area contributed by atoms with Gasteiger partial charge in [0.25, 0.3) is 11.6 Å². The molecule has 0 unspecified atom stereocenters. The summed E-state index contributed by atoms with van der Waals surface area (Å²) >= 11 is 4.84. The van der Waals surface area contributed by atoms with Crippen molar-refractivity contribution in [2.24, 2.45) is 0 Å². The molecule has 0 aliphatic heterocycles. The smallest absolute Gasteiger partial charge is 0.306 e. The number of ether oxygens (including phenoxy) is 3. The first-order valence-electron chi connectivity index (χ1n) is 8.22. The summed E-state index contributed by atoms with van der Waals surface area (Å²) in [6.45, 7) is -0.0286. The van der Waals surface area contributed by atoms with E-state index in [4.69, 9.17) is 26.4 Å². The van der Waals surface area contributed by atoms with Crippen LogP contribution in [0, 0.1) is 10.1 Å². The second-order valence-electron chi connectivity index (χ2n) is 5.30. The molecule has 0 fully saturated rings. The van der Waals surface area contributed by atoms with Crippen LogP contribution in [-0.4, -0.2) is 54.7 Å². The number of thiocarbonyl (C=S) groups is 1. The van der Waals surface area contributed by atoms with Gasteiger partial charge in [0.05, 0.1) is 18.0 Å². The maximum atomic E-state index is 11.7. The summed E-state index contributed by atoms with van der Waals surface area (Å²) in [6, 6.07) is 5.18. The summed E-state index contributed by atoms with van der Waals surface area (Å²) in [5, 5.41) is 12.7. The zero-order valence-corrected chi connectivity index (χ0v) is 16.3. The fourth-order valence-corrected chi connectivity index (χ4v) is 1.89. The topological polar surface area (TPSA) is 158 Å². The predicted octanol–water partition coefficient (Wildman–Crippen LogP) is -0.0347. The molecular formula is C16H20N4O8S. The normalized spacial score (nSPS) is 9.83. The Morgan fingerprint density at radius 3 is 2.38 bits per heavy atom. The third-order valence-corrected chi connectivity index (χ3v) is 3.30. The van der Waals surface area contributed by atoms with Crippen LogP contribution in [0.5, 0.6) is 5.75 Å². The highest BCUT2D eigenvalue weighted by Gasteiger charge is 2.11. The van der Waals surface area contributed by atoms with E-state index in [-0.39, 0.29) is 42.6 Å². The molecular weight excluding hydrogens is 408 g/mol. The Morgan fingerprint density at radius 1 is 1.07 bits per heavy atom. The number of benzene rings is 1. The first-order valence-corrected chi connectivity index (χ1v) is 8.63. The maximum Gasteiger partial charge on any atom is 0.306 e. The van der Waals surface area contributed by atoms with Crippen LogP contribution in [0.3, 0.4) is 0 Å². The van der Waals surface area contributed by atoms with E-state index in [1.165, 1.54) is 31.4 Å². The number of hydrogen-bond donors (Lipinski definition) is 3. The van der Waals surface area contributed by atoms with Crippen molar-refractivity contribution in [1.29, 1.82) is 0 Å². The second kappa shape index (κ2) is 13.0. The number of rotatable bonds is 10. The Hall–Kier alpha value is -3.32. The molecule has 0 aliphatic rings. The van der Waals surface area contributed by atoms with Crippen molar-refractivity contribution in [3.8, 4) is 5.75 Å². The maximum absolute atomic E-state index is 11.7. The molecule has 2 amide bonds. The molecule has 29 heavy (non-hydrogen) atoms. The number of non-ortho nitro benzene ring substituents is 1. The van der Waals surface area contributed by atoms with Crippen molar-refractivity contribution in [3.63, 3.8) is 0 Å². The Kier molecular flexibility index (Phi) is 10.6. The van der Waals surface area contributed by atoms with Crippen LogP contribution >= 0.6 is 12.2 Å². The zero-order chi connectivity index (χ0) is 21.6. The number of amides is 2. The summed E-state index contributed by atoms with van der Waals surface area (Å²) < 4.78 is 14.7. The third-order valence-electron chi connectivity index (χ3n) is 3.09. The monoisotopic (exact) mass is 428 g/mol. The molecule has 0 bridgehead atoms. The quantitative estimate of drug-likeness (QED) is 0.152. The minimum Gasteiger partial charge on any atom is -0.484 e. The standard InChI is InChI=1S/C16H20N4O8S/c1-26-8-9-27-15(23)7-6-13(21)17-16(29)19-18-14(22)10-28-12-4-2-11(3-5-12)20(24)25/h2-5H,6-10H2,1H3,(H,18,22)(H2,17,19,21,29). The Labute approximate surface area is 171 Å². The van der Waals surface area contributed by atoms with Crippen molar-refractivity contribution in [2.45, 2.75) is 12.8 Å². The van der Waals surface area contributed by atoms with E-state index < -0.39 is 29.3 Å². The summed E-state index contributed by atoms with van der Waals surface area (Å²) in [6.07, 6.45) is -0.279. The molecule has 13 heteroatoms. The first-order chi connectivity index (χ1) is 13.8. The van der Waals surface area contributed by atoms with E-state index in [1.807, 2.05) is 0 Å². The van der Waals surface area contributed by atoms with E-state index in [1.54, 1.807) is 0 Å². The number of carbonyl (C=O) groups is 3. The molecule has 1 rings (SSSR count). The van der Waals surface area contributed by atoms with E-state index in [0.717, 1.165) is 0 Å². The number of methoxy groups -OCH3 is 1. The third kappa shape index (κ3) is 10.6. The van der Waals surface area contributed by atoms with E-state index >= 15 is 0 Å². The molecule has 1 aromatic carbocycles. The predicted molar refractivity (Wildman–Crippen MR) is 103 cm³/mol. The lowest BCUT2D eigenvalue weighted by molar-refractivity contribution is -0.384. The molecule has 0 atom stereocenters. The average Bonchev–Trinajstić information content (AvgIpc) is 2.69. The van der Waals surface area contributed by atoms with Crippen LogP contribution in [0.4, 0.5) is 5.69 Å². The Morgan fingerprint density at radius 2 is 1.76 bits per heavy atom. The van der Waals surface area contributed by atoms with E-state index in [9.17, 15) is 24.5 Å². The molecule has 0 spiro atoms. The van der Waals surface area contributed by atoms with Crippen molar-refractivity contribution < 1.29 is 33.5 Å². The summed E-state index contributed by atoms with van der Waals surface area (Å²) in [5.41, 5.74) is 4.40. The molecule has 0 saturated carbocycles. The number of nitrogens with one attached hydrogen (secondary N) is 3. The molecule has 3 N–H and O–H groups in total. The fourth-order valence-electron chi connectivity index (χ4n) is 1.72. The number of nitro benzene ring substituents is 1. The zero-order valence-electron chi connectivity index (χ0n) is 15.5. The number of esters is 1. The molecule has 0 heterocycles. The van der Waals surface area contributed by atoms with Crippen LogP contribution in [0.25, 0.3) is 0 Å². The van der Waals surface area contributed by atoms with Gasteiger partial charge in [-0.2, -0.15) is 0 Å². The average molecular weight is 428 g/mol. The van der Waals surface area contributed by atoms with Crippen LogP contribution in [-0.2, 0) is 23.9 Å². The van der Waals surface area contributed by atoms with Crippen molar-refractivity contribution >= 4 is 40.8 Å². The van der Waals surface area contributed by atoms with Gasteiger partial charge in [0.2, 0.25) is 5.91 Å². The summed E-state index contributed by atoms with van der Waals surface area (Å²) in [4.78, 5) is 44.7. The molecule has 158 valence electrons. The van der Waals surface area contributed by atoms with Crippen molar-refractivity contribution in [3.05, 3.63) is 34.4 Å². The molecule has 1 aromatic rings. The molecule has 12 nitrogen and oxygen atoms in total. The van der Waals surface area contributed by atoms with Crippen LogP contribution in [0.2, 0.25) is 0 Å². The van der Waals surface area contributed by atoms with Gasteiger partial charge in [-0.05, 0) is 24.4 Å².